The molecule has 3 N–H and O–H groups in total. The maximum absolute atomic E-state index is 12.6. The van der Waals surface area contributed by atoms with Gasteiger partial charge in [-0.05, 0) is 30.9 Å². The maximum Gasteiger partial charge on any atom is 0.258 e. The predicted octanol–water partition coefficient (Wildman–Crippen LogP) is 2.92. The molecule has 0 aliphatic rings. The SMILES string of the molecule is C=CCCc1cnn2c(NC(=O)c3cccnc3)cc(N[C@H](CO)C(C)C)nc12. The number of carbonyl (C=O) groups is 1. The van der Waals surface area contributed by atoms with Gasteiger partial charge in [-0.1, -0.05) is 19.9 Å². The molecule has 3 aromatic heterocycles. The predicted molar refractivity (Wildman–Crippen MR) is 113 cm³/mol. The summed E-state index contributed by atoms with van der Waals surface area (Å²) >= 11 is 0. The summed E-state index contributed by atoms with van der Waals surface area (Å²) in [7, 11) is 0. The Balaban J connectivity index is 2.00. The number of aliphatic hydroxyl groups is 1. The molecule has 3 rings (SSSR count). The second kappa shape index (κ2) is 9.29. The first-order chi connectivity index (χ1) is 14.0. The van der Waals surface area contributed by atoms with E-state index in [9.17, 15) is 9.90 Å². The molecule has 0 aliphatic heterocycles. The molecular formula is C21H26N6O2. The van der Waals surface area contributed by atoms with Crippen molar-refractivity contribution in [2.45, 2.75) is 32.7 Å². The van der Waals surface area contributed by atoms with Crippen LogP contribution >= 0.6 is 0 Å². The third kappa shape index (κ3) is 4.78. The molecule has 0 radical (unpaired) electrons. The van der Waals surface area contributed by atoms with Gasteiger partial charge in [0.25, 0.3) is 5.91 Å². The Kier molecular flexibility index (Phi) is 6.56. The Bertz CT molecular complexity index is 984. The van der Waals surface area contributed by atoms with E-state index in [1.807, 2.05) is 19.9 Å². The summed E-state index contributed by atoms with van der Waals surface area (Å²) in [5.74, 6) is 0.961. The number of hydrogen-bond donors (Lipinski definition) is 3. The zero-order valence-electron chi connectivity index (χ0n) is 16.7. The number of aliphatic hydroxyl groups excluding tert-OH is 1. The summed E-state index contributed by atoms with van der Waals surface area (Å²) in [6.07, 6.45) is 8.25. The van der Waals surface area contributed by atoms with Crippen LogP contribution in [0.1, 0.15) is 36.2 Å². The van der Waals surface area contributed by atoms with Gasteiger partial charge in [0, 0.05) is 24.0 Å². The van der Waals surface area contributed by atoms with Crippen LogP contribution in [0.3, 0.4) is 0 Å². The number of amides is 1. The van der Waals surface area contributed by atoms with E-state index in [0.717, 1.165) is 18.4 Å². The van der Waals surface area contributed by atoms with E-state index in [1.54, 1.807) is 35.1 Å². The number of fused-ring (bicyclic) bond motifs is 1. The standard InChI is InChI=1S/C21H26N6O2/c1-4-5-7-15-12-23-27-19(26-21(29)16-8-6-9-22-11-16)10-18(25-20(15)27)24-17(13-28)14(2)3/h4,6,8-12,14,17,28H,1,5,7,13H2,2-3H3,(H,24,25)(H,26,29)/t17-/m1/s1. The molecule has 0 bridgehead atoms. The Morgan fingerprint density at radius 3 is 2.86 bits per heavy atom. The molecule has 0 fully saturated rings. The molecule has 0 saturated carbocycles. The number of allylic oxidation sites excluding steroid dienone is 1. The van der Waals surface area contributed by atoms with Crippen molar-refractivity contribution in [2.75, 3.05) is 17.2 Å². The molecule has 1 atom stereocenters. The van der Waals surface area contributed by atoms with Gasteiger partial charge in [-0.3, -0.25) is 9.78 Å². The molecule has 0 spiro atoms. The molecule has 29 heavy (non-hydrogen) atoms. The maximum atomic E-state index is 12.6. The highest BCUT2D eigenvalue weighted by Gasteiger charge is 2.17. The lowest BCUT2D eigenvalue weighted by Gasteiger charge is -2.21. The summed E-state index contributed by atoms with van der Waals surface area (Å²) in [5, 5.41) is 20.2. The van der Waals surface area contributed by atoms with Crippen molar-refractivity contribution in [3.05, 3.63) is 60.6 Å². The summed E-state index contributed by atoms with van der Waals surface area (Å²) < 4.78 is 1.61. The minimum atomic E-state index is -0.290. The van der Waals surface area contributed by atoms with Gasteiger partial charge < -0.3 is 15.7 Å². The number of pyridine rings is 1. The zero-order valence-corrected chi connectivity index (χ0v) is 16.7. The molecule has 3 aromatic rings. The first-order valence-electron chi connectivity index (χ1n) is 9.60. The van der Waals surface area contributed by atoms with Gasteiger partial charge in [-0.25, -0.2) is 4.98 Å². The van der Waals surface area contributed by atoms with E-state index in [0.29, 0.717) is 22.8 Å². The Morgan fingerprint density at radius 1 is 1.38 bits per heavy atom. The highest BCUT2D eigenvalue weighted by molar-refractivity contribution is 6.03. The normalized spacial score (nSPS) is 12.1. The van der Waals surface area contributed by atoms with Crippen LogP contribution < -0.4 is 10.6 Å². The third-order valence-electron chi connectivity index (χ3n) is 4.66. The number of carbonyl (C=O) groups excluding carboxylic acids is 1. The van der Waals surface area contributed by atoms with Crippen LogP contribution in [0.25, 0.3) is 5.65 Å². The fraction of sp³-hybridized carbons (Fsp3) is 0.333. The lowest BCUT2D eigenvalue weighted by molar-refractivity contribution is 0.102. The van der Waals surface area contributed by atoms with E-state index >= 15 is 0 Å². The molecule has 8 nitrogen and oxygen atoms in total. The number of rotatable bonds is 9. The molecule has 3 heterocycles. The van der Waals surface area contributed by atoms with Gasteiger partial charge in [0.1, 0.15) is 11.6 Å². The van der Waals surface area contributed by atoms with Crippen molar-refractivity contribution in [2.24, 2.45) is 5.92 Å². The molecule has 8 heteroatoms. The summed E-state index contributed by atoms with van der Waals surface area (Å²) in [6.45, 7) is 7.78. The molecule has 152 valence electrons. The average molecular weight is 394 g/mol. The van der Waals surface area contributed by atoms with Crippen LogP contribution in [0.5, 0.6) is 0 Å². The number of aromatic nitrogens is 4. The largest absolute Gasteiger partial charge is 0.394 e. The first-order valence-corrected chi connectivity index (χ1v) is 9.60. The average Bonchev–Trinajstić information content (AvgIpc) is 3.14. The van der Waals surface area contributed by atoms with E-state index in [1.165, 1.54) is 6.20 Å². The molecule has 0 aromatic carbocycles. The third-order valence-corrected chi connectivity index (χ3v) is 4.66. The van der Waals surface area contributed by atoms with Crippen LogP contribution in [0, 0.1) is 5.92 Å². The van der Waals surface area contributed by atoms with E-state index < -0.39 is 0 Å². The summed E-state index contributed by atoms with van der Waals surface area (Å²) in [4.78, 5) is 21.3. The van der Waals surface area contributed by atoms with Crippen LogP contribution in [0.4, 0.5) is 11.6 Å². The molecule has 0 saturated heterocycles. The van der Waals surface area contributed by atoms with Gasteiger partial charge >= 0.3 is 0 Å². The molecular weight excluding hydrogens is 368 g/mol. The van der Waals surface area contributed by atoms with Gasteiger partial charge in [-0.2, -0.15) is 9.61 Å². The number of aryl methyl sites for hydroxylation is 1. The highest BCUT2D eigenvalue weighted by Crippen LogP contribution is 2.22. The van der Waals surface area contributed by atoms with Gasteiger partial charge in [-0.15, -0.1) is 6.58 Å². The second-order valence-corrected chi connectivity index (χ2v) is 7.13. The van der Waals surface area contributed by atoms with Crippen LogP contribution in [-0.4, -0.2) is 43.2 Å². The van der Waals surface area contributed by atoms with E-state index in [4.69, 9.17) is 0 Å². The number of anilines is 2. The molecule has 0 aliphatic carbocycles. The zero-order chi connectivity index (χ0) is 20.8. The second-order valence-electron chi connectivity index (χ2n) is 7.13. The Hall–Kier alpha value is -3.26. The minimum Gasteiger partial charge on any atom is -0.394 e. The van der Waals surface area contributed by atoms with Crippen molar-refractivity contribution in [3.8, 4) is 0 Å². The Labute approximate surface area is 169 Å². The minimum absolute atomic E-state index is 0.0233. The highest BCUT2D eigenvalue weighted by atomic mass is 16.3. The van der Waals surface area contributed by atoms with Crippen LogP contribution in [0.2, 0.25) is 0 Å². The number of nitrogens with one attached hydrogen (secondary N) is 2. The van der Waals surface area contributed by atoms with E-state index in [-0.39, 0.29) is 24.5 Å². The summed E-state index contributed by atoms with van der Waals surface area (Å²) in [5.41, 5.74) is 2.05. The molecule has 1 amide bonds. The van der Waals surface area contributed by atoms with Crippen molar-refractivity contribution in [3.63, 3.8) is 0 Å². The van der Waals surface area contributed by atoms with Crippen molar-refractivity contribution in [1.29, 1.82) is 0 Å². The fourth-order valence-corrected chi connectivity index (χ4v) is 2.90. The first kappa shape index (κ1) is 20.5. The van der Waals surface area contributed by atoms with Gasteiger partial charge in [0.2, 0.25) is 0 Å². The fourth-order valence-electron chi connectivity index (χ4n) is 2.90. The summed E-state index contributed by atoms with van der Waals surface area (Å²) in [6, 6.07) is 4.96. The van der Waals surface area contributed by atoms with Gasteiger partial charge in [0.15, 0.2) is 5.65 Å². The monoisotopic (exact) mass is 394 g/mol. The number of nitrogens with zero attached hydrogens (tertiary/aromatic N) is 4. The topological polar surface area (TPSA) is 104 Å². The van der Waals surface area contributed by atoms with E-state index in [2.05, 4.69) is 32.3 Å². The van der Waals surface area contributed by atoms with Gasteiger partial charge in [0.05, 0.1) is 24.4 Å². The Morgan fingerprint density at radius 2 is 2.21 bits per heavy atom. The lowest BCUT2D eigenvalue weighted by atomic mass is 10.1. The van der Waals surface area contributed by atoms with Crippen LogP contribution in [-0.2, 0) is 6.42 Å². The van der Waals surface area contributed by atoms with Crippen molar-refractivity contribution in [1.82, 2.24) is 19.6 Å². The lowest BCUT2D eigenvalue weighted by Crippen LogP contribution is -2.30. The number of hydrogen-bond acceptors (Lipinski definition) is 6. The smallest absolute Gasteiger partial charge is 0.258 e. The molecule has 0 unspecified atom stereocenters. The van der Waals surface area contributed by atoms with Crippen LogP contribution in [0.15, 0.2) is 49.4 Å². The quantitative estimate of drug-likeness (QED) is 0.482. The van der Waals surface area contributed by atoms with Crippen molar-refractivity contribution >= 4 is 23.2 Å². The van der Waals surface area contributed by atoms with Crippen molar-refractivity contribution < 1.29 is 9.90 Å².